The number of hydrogen-bond donors (Lipinski definition) is 0. The summed E-state index contributed by atoms with van der Waals surface area (Å²) in [4.78, 5) is 14.1. The third-order valence-electron chi connectivity index (χ3n) is 4.67. The molecule has 0 bridgehead atoms. The average molecular weight is 325 g/mol. The maximum absolute atomic E-state index is 12.2. The fourth-order valence-corrected chi connectivity index (χ4v) is 3.39. The van der Waals surface area contributed by atoms with Gasteiger partial charge in [-0.3, -0.25) is 4.79 Å². The first-order chi connectivity index (χ1) is 11.5. The van der Waals surface area contributed by atoms with Crippen LogP contribution in [0.25, 0.3) is 0 Å². The van der Waals surface area contributed by atoms with E-state index in [4.69, 9.17) is 9.47 Å². The number of rotatable bonds is 3. The van der Waals surface area contributed by atoms with Crippen molar-refractivity contribution >= 4 is 5.91 Å². The molecule has 0 aromatic heterocycles. The number of fused-ring (bicyclic) bond motifs is 1. The van der Waals surface area contributed by atoms with E-state index >= 15 is 0 Å². The summed E-state index contributed by atoms with van der Waals surface area (Å²) in [5, 5.41) is 0. The summed E-state index contributed by atoms with van der Waals surface area (Å²) in [6, 6.07) is 12.3. The third kappa shape index (κ3) is 2.84. The van der Waals surface area contributed by atoms with E-state index in [0.717, 1.165) is 23.3 Å². The molecule has 0 radical (unpaired) electrons. The number of nitrogens with zero attached hydrogens (tertiary/aromatic N) is 1. The minimum atomic E-state index is -0.0911. The number of carbonyl (C=O) groups is 1. The Bertz CT molecular complexity index is 752. The van der Waals surface area contributed by atoms with E-state index in [0.29, 0.717) is 12.3 Å². The van der Waals surface area contributed by atoms with Gasteiger partial charge in [-0.25, -0.2) is 0 Å². The number of aryl methyl sites for hydroxylation is 1. The first-order valence-corrected chi connectivity index (χ1v) is 8.13. The molecule has 1 amide bonds. The molecule has 4 heteroatoms. The van der Waals surface area contributed by atoms with Gasteiger partial charge in [-0.05, 0) is 42.2 Å². The van der Waals surface area contributed by atoms with Gasteiger partial charge in [-0.2, -0.15) is 0 Å². The van der Waals surface area contributed by atoms with E-state index in [1.165, 1.54) is 11.1 Å². The van der Waals surface area contributed by atoms with Gasteiger partial charge in [0.2, 0.25) is 5.91 Å². The molecule has 0 unspecified atom stereocenters. The Hall–Kier alpha value is -2.49. The van der Waals surface area contributed by atoms with Crippen LogP contribution in [-0.2, 0) is 11.2 Å². The summed E-state index contributed by atoms with van der Waals surface area (Å²) in [6.45, 7) is 4.40. The van der Waals surface area contributed by atoms with Crippen LogP contribution in [0.15, 0.2) is 36.4 Å². The first kappa shape index (κ1) is 16.4. The third-order valence-corrected chi connectivity index (χ3v) is 4.67. The zero-order chi connectivity index (χ0) is 17.3. The van der Waals surface area contributed by atoms with Crippen LogP contribution >= 0.6 is 0 Å². The molecule has 0 aliphatic carbocycles. The molecule has 1 atom stereocenters. The highest BCUT2D eigenvalue weighted by Crippen LogP contribution is 2.41. The SMILES string of the molecule is COc1cc2c(cc1OC)[C@@H](c1ccc(C)cc1)N(C(C)=O)CC2. The lowest BCUT2D eigenvalue weighted by Crippen LogP contribution is -2.39. The van der Waals surface area contributed by atoms with E-state index in [1.807, 2.05) is 17.0 Å². The molecule has 0 N–H and O–H groups in total. The van der Waals surface area contributed by atoms with Gasteiger partial charge in [-0.1, -0.05) is 29.8 Å². The molecule has 0 saturated heterocycles. The molecule has 1 aliphatic rings. The standard InChI is InChI=1S/C20H23NO3/c1-13-5-7-15(8-6-13)20-17-12-19(24-4)18(23-3)11-16(17)9-10-21(20)14(2)22/h5-8,11-12,20H,9-10H2,1-4H3/t20-/m1/s1. The monoisotopic (exact) mass is 325 g/mol. The molecular formula is C20H23NO3. The predicted molar refractivity (Wildman–Crippen MR) is 93.7 cm³/mol. The molecule has 4 nitrogen and oxygen atoms in total. The minimum absolute atomic E-state index is 0.0843. The topological polar surface area (TPSA) is 38.8 Å². The largest absolute Gasteiger partial charge is 0.493 e. The Balaban J connectivity index is 2.16. The average Bonchev–Trinajstić information content (AvgIpc) is 2.60. The normalized spacial score (nSPS) is 16.5. The minimum Gasteiger partial charge on any atom is -0.493 e. The van der Waals surface area contributed by atoms with Gasteiger partial charge in [-0.15, -0.1) is 0 Å². The fourth-order valence-electron chi connectivity index (χ4n) is 3.39. The maximum atomic E-state index is 12.2. The highest BCUT2D eigenvalue weighted by atomic mass is 16.5. The summed E-state index contributed by atoms with van der Waals surface area (Å²) in [5.41, 5.74) is 4.63. The number of amides is 1. The summed E-state index contributed by atoms with van der Waals surface area (Å²) in [6.07, 6.45) is 0.817. The zero-order valence-electron chi connectivity index (χ0n) is 14.6. The molecule has 24 heavy (non-hydrogen) atoms. The maximum Gasteiger partial charge on any atom is 0.220 e. The molecule has 126 valence electrons. The first-order valence-electron chi connectivity index (χ1n) is 8.13. The van der Waals surface area contributed by atoms with Gasteiger partial charge in [0.15, 0.2) is 11.5 Å². The number of benzene rings is 2. The van der Waals surface area contributed by atoms with Crippen molar-refractivity contribution in [2.45, 2.75) is 26.3 Å². The van der Waals surface area contributed by atoms with Gasteiger partial charge in [0.05, 0.1) is 20.3 Å². The van der Waals surface area contributed by atoms with Crippen molar-refractivity contribution in [2.24, 2.45) is 0 Å². The van der Waals surface area contributed by atoms with E-state index < -0.39 is 0 Å². The highest BCUT2D eigenvalue weighted by molar-refractivity contribution is 5.75. The lowest BCUT2D eigenvalue weighted by molar-refractivity contribution is -0.130. The van der Waals surface area contributed by atoms with Crippen LogP contribution < -0.4 is 9.47 Å². The molecule has 3 rings (SSSR count). The quantitative estimate of drug-likeness (QED) is 0.867. The molecule has 1 heterocycles. The van der Waals surface area contributed by atoms with Crippen LogP contribution in [0.2, 0.25) is 0 Å². The highest BCUT2D eigenvalue weighted by Gasteiger charge is 2.31. The smallest absolute Gasteiger partial charge is 0.220 e. The van der Waals surface area contributed by atoms with Gasteiger partial charge in [0.1, 0.15) is 0 Å². The van der Waals surface area contributed by atoms with Gasteiger partial charge < -0.3 is 14.4 Å². The predicted octanol–water partition coefficient (Wildman–Crippen LogP) is 3.51. The Labute approximate surface area is 143 Å². The molecule has 2 aromatic rings. The van der Waals surface area contributed by atoms with Crippen molar-refractivity contribution in [1.29, 1.82) is 0 Å². The van der Waals surface area contributed by atoms with Crippen LogP contribution in [0.1, 0.15) is 35.2 Å². The zero-order valence-corrected chi connectivity index (χ0v) is 14.6. The number of hydrogen-bond acceptors (Lipinski definition) is 3. The van der Waals surface area contributed by atoms with Crippen molar-refractivity contribution in [3.8, 4) is 11.5 Å². The van der Waals surface area contributed by atoms with Crippen molar-refractivity contribution in [2.75, 3.05) is 20.8 Å². The lowest BCUT2D eigenvalue weighted by Gasteiger charge is -2.37. The number of carbonyl (C=O) groups excluding carboxylic acids is 1. The Morgan fingerprint density at radius 1 is 1.08 bits per heavy atom. The summed E-state index contributed by atoms with van der Waals surface area (Å²) in [7, 11) is 3.28. The number of methoxy groups -OCH3 is 2. The molecule has 2 aromatic carbocycles. The van der Waals surface area contributed by atoms with Crippen molar-refractivity contribution < 1.29 is 14.3 Å². The molecular weight excluding hydrogens is 302 g/mol. The summed E-state index contributed by atoms with van der Waals surface area (Å²) in [5.74, 6) is 1.51. The van der Waals surface area contributed by atoms with E-state index in [9.17, 15) is 4.79 Å². The van der Waals surface area contributed by atoms with Crippen LogP contribution in [0.4, 0.5) is 0 Å². The van der Waals surface area contributed by atoms with Crippen molar-refractivity contribution in [1.82, 2.24) is 4.90 Å². The Morgan fingerprint density at radius 2 is 1.71 bits per heavy atom. The van der Waals surface area contributed by atoms with Crippen molar-refractivity contribution in [3.63, 3.8) is 0 Å². The molecule has 0 saturated carbocycles. The Morgan fingerprint density at radius 3 is 2.29 bits per heavy atom. The van der Waals surface area contributed by atoms with Gasteiger partial charge in [0.25, 0.3) is 0 Å². The summed E-state index contributed by atoms with van der Waals surface area (Å²) < 4.78 is 10.9. The second-order valence-electron chi connectivity index (χ2n) is 6.18. The van der Waals surface area contributed by atoms with E-state index in [2.05, 4.69) is 31.2 Å². The van der Waals surface area contributed by atoms with Gasteiger partial charge >= 0.3 is 0 Å². The van der Waals surface area contributed by atoms with Crippen LogP contribution in [0, 0.1) is 6.92 Å². The molecule has 0 fully saturated rings. The second-order valence-corrected chi connectivity index (χ2v) is 6.18. The molecule has 0 spiro atoms. The molecule has 1 aliphatic heterocycles. The fraction of sp³-hybridized carbons (Fsp3) is 0.350. The van der Waals surface area contributed by atoms with Crippen molar-refractivity contribution in [3.05, 3.63) is 58.7 Å². The van der Waals surface area contributed by atoms with Gasteiger partial charge in [0, 0.05) is 13.5 Å². The van der Waals surface area contributed by atoms with Crippen LogP contribution in [0.5, 0.6) is 11.5 Å². The van der Waals surface area contributed by atoms with E-state index in [1.54, 1.807) is 21.1 Å². The Kier molecular flexibility index (Phi) is 4.47. The summed E-state index contributed by atoms with van der Waals surface area (Å²) >= 11 is 0. The second kappa shape index (κ2) is 6.56. The number of ether oxygens (including phenoxy) is 2. The lowest BCUT2D eigenvalue weighted by atomic mass is 9.87. The van der Waals surface area contributed by atoms with E-state index in [-0.39, 0.29) is 11.9 Å². The van der Waals surface area contributed by atoms with Crippen LogP contribution in [0.3, 0.4) is 0 Å². The van der Waals surface area contributed by atoms with Crippen LogP contribution in [-0.4, -0.2) is 31.6 Å².